The third-order valence-electron chi connectivity index (χ3n) is 4.96. The number of urea groups is 1. The molecule has 2 aromatic carbocycles. The van der Waals surface area contributed by atoms with Crippen LogP contribution in [0.4, 0.5) is 29.3 Å². The van der Waals surface area contributed by atoms with Crippen LogP contribution in [-0.2, 0) is 6.18 Å². The zero-order chi connectivity index (χ0) is 23.6. The topological polar surface area (TPSA) is 87.2 Å². The molecule has 12 heteroatoms. The molecule has 172 valence electrons. The third kappa shape index (κ3) is 5.42. The van der Waals surface area contributed by atoms with Crippen molar-refractivity contribution in [2.45, 2.75) is 25.1 Å². The van der Waals surface area contributed by atoms with E-state index in [-0.39, 0.29) is 10.7 Å². The van der Waals surface area contributed by atoms with Crippen molar-refractivity contribution in [1.82, 2.24) is 15.1 Å². The Morgan fingerprint density at radius 1 is 1.06 bits per heavy atom. The highest BCUT2D eigenvalue weighted by Gasteiger charge is 2.34. The van der Waals surface area contributed by atoms with E-state index in [4.69, 9.17) is 11.6 Å². The van der Waals surface area contributed by atoms with Gasteiger partial charge < -0.3 is 15.5 Å². The molecule has 0 saturated carbocycles. The molecule has 0 spiro atoms. The van der Waals surface area contributed by atoms with Crippen molar-refractivity contribution >= 4 is 46.3 Å². The van der Waals surface area contributed by atoms with Crippen molar-refractivity contribution in [1.29, 1.82) is 0 Å². The van der Waals surface area contributed by atoms with Crippen LogP contribution in [-0.4, -0.2) is 33.6 Å². The molecule has 0 aliphatic carbocycles. The number of rotatable bonds is 4. The van der Waals surface area contributed by atoms with Crippen LogP contribution < -0.4 is 10.6 Å². The van der Waals surface area contributed by atoms with Gasteiger partial charge in [-0.05, 0) is 49.2 Å². The molecular weight excluding hydrogens is 479 g/mol. The van der Waals surface area contributed by atoms with Gasteiger partial charge in [0.1, 0.15) is 5.01 Å². The average molecular weight is 496 g/mol. The Balaban J connectivity index is 1.45. The van der Waals surface area contributed by atoms with E-state index in [2.05, 4.69) is 20.8 Å². The van der Waals surface area contributed by atoms with E-state index in [1.807, 2.05) is 0 Å². The summed E-state index contributed by atoms with van der Waals surface area (Å²) >= 11 is 6.98. The number of aromatic nitrogens is 2. The molecule has 4 rings (SSSR count). The van der Waals surface area contributed by atoms with Crippen LogP contribution in [0.15, 0.2) is 48.5 Å². The Labute approximate surface area is 195 Å². The molecular formula is C21H17ClF3N5O2S. The van der Waals surface area contributed by atoms with Crippen LogP contribution in [0.2, 0.25) is 5.02 Å². The van der Waals surface area contributed by atoms with Crippen molar-refractivity contribution < 1.29 is 22.8 Å². The maximum absolute atomic E-state index is 12.9. The molecule has 0 bridgehead atoms. The third-order valence-corrected chi connectivity index (χ3v) is 6.22. The number of nitrogens with one attached hydrogen (secondary N) is 2. The Bertz CT molecular complexity index is 1190. The summed E-state index contributed by atoms with van der Waals surface area (Å²) in [4.78, 5) is 26.7. The number of hydrogen-bond donors (Lipinski definition) is 2. The molecule has 1 aliphatic rings. The fourth-order valence-corrected chi connectivity index (χ4v) is 4.52. The monoisotopic (exact) mass is 495 g/mol. The fourth-order valence-electron chi connectivity index (χ4n) is 3.45. The molecule has 1 saturated heterocycles. The minimum Gasteiger partial charge on any atom is -0.320 e. The first-order valence-electron chi connectivity index (χ1n) is 9.86. The lowest BCUT2D eigenvalue weighted by atomic mass is 10.2. The second-order valence-electron chi connectivity index (χ2n) is 7.27. The lowest BCUT2D eigenvalue weighted by molar-refractivity contribution is -0.137. The number of anilines is 2. The molecule has 1 fully saturated rings. The second kappa shape index (κ2) is 9.36. The van der Waals surface area contributed by atoms with Crippen molar-refractivity contribution in [2.24, 2.45) is 0 Å². The van der Waals surface area contributed by atoms with Gasteiger partial charge in [-0.25, -0.2) is 4.79 Å². The number of halogens is 4. The predicted molar refractivity (Wildman–Crippen MR) is 118 cm³/mol. The minimum absolute atomic E-state index is 0.0410. The summed E-state index contributed by atoms with van der Waals surface area (Å²) in [6, 6.07) is 10.1. The highest BCUT2D eigenvalue weighted by atomic mass is 35.5. The zero-order valence-electron chi connectivity index (χ0n) is 16.9. The minimum atomic E-state index is -4.51. The van der Waals surface area contributed by atoms with Gasteiger partial charge in [0.2, 0.25) is 5.01 Å². The normalized spacial score (nSPS) is 16.0. The maximum atomic E-state index is 12.9. The molecule has 1 aromatic heterocycles. The van der Waals surface area contributed by atoms with Gasteiger partial charge in [0, 0.05) is 22.9 Å². The largest absolute Gasteiger partial charge is 0.416 e. The van der Waals surface area contributed by atoms with Gasteiger partial charge in [-0.1, -0.05) is 35.1 Å². The van der Waals surface area contributed by atoms with Crippen molar-refractivity contribution in [3.63, 3.8) is 0 Å². The highest BCUT2D eigenvalue weighted by molar-refractivity contribution is 7.13. The maximum Gasteiger partial charge on any atom is 0.416 e. The van der Waals surface area contributed by atoms with E-state index in [1.165, 1.54) is 17.0 Å². The van der Waals surface area contributed by atoms with Crippen LogP contribution in [0.1, 0.15) is 39.3 Å². The van der Waals surface area contributed by atoms with Crippen LogP contribution in [0.5, 0.6) is 0 Å². The molecule has 1 atom stereocenters. The quantitative estimate of drug-likeness (QED) is 0.476. The van der Waals surface area contributed by atoms with Crippen LogP contribution in [0.25, 0.3) is 0 Å². The van der Waals surface area contributed by atoms with Gasteiger partial charge >= 0.3 is 12.2 Å². The number of hydrogen-bond acceptors (Lipinski definition) is 5. The number of benzene rings is 2. The number of amides is 3. The van der Waals surface area contributed by atoms with Gasteiger partial charge in [-0.15, -0.1) is 10.2 Å². The van der Waals surface area contributed by atoms with Crippen LogP contribution in [0, 0.1) is 0 Å². The fraction of sp³-hybridized carbons (Fsp3) is 0.238. The van der Waals surface area contributed by atoms with E-state index in [0.717, 1.165) is 23.5 Å². The summed E-state index contributed by atoms with van der Waals surface area (Å²) in [7, 11) is 0. The second-order valence-corrected chi connectivity index (χ2v) is 8.72. The van der Waals surface area contributed by atoms with Gasteiger partial charge in [0.25, 0.3) is 5.91 Å². The van der Waals surface area contributed by atoms with E-state index < -0.39 is 29.7 Å². The standard InChI is InChI=1S/C21H17ClF3N5O2S/c22-13-5-2-7-15(11-13)26-17(31)19-29-28-18(33-19)16-8-3-9-30(16)20(32)27-14-6-1-4-12(10-14)21(23,24)25/h1-2,4-7,10-11,16H,3,8-9H2,(H,26,31)(H,27,32)/t16-/m0/s1. The first kappa shape index (κ1) is 23.0. The molecule has 0 unspecified atom stereocenters. The number of likely N-dealkylation sites (tertiary alicyclic amines) is 1. The number of nitrogens with zero attached hydrogens (tertiary/aromatic N) is 3. The number of carbonyl (C=O) groups excluding carboxylic acids is 2. The Hall–Kier alpha value is -3.18. The molecule has 0 radical (unpaired) electrons. The van der Waals surface area contributed by atoms with Gasteiger partial charge in [-0.3, -0.25) is 4.79 Å². The first-order chi connectivity index (χ1) is 15.7. The van der Waals surface area contributed by atoms with E-state index in [9.17, 15) is 22.8 Å². The molecule has 2 N–H and O–H groups in total. The van der Waals surface area contributed by atoms with E-state index in [0.29, 0.717) is 35.1 Å². The van der Waals surface area contributed by atoms with E-state index in [1.54, 1.807) is 24.3 Å². The Morgan fingerprint density at radius 3 is 2.52 bits per heavy atom. The molecule has 7 nitrogen and oxygen atoms in total. The van der Waals surface area contributed by atoms with Crippen molar-refractivity contribution in [3.8, 4) is 0 Å². The predicted octanol–water partition coefficient (Wildman–Crippen LogP) is 5.83. The summed E-state index contributed by atoms with van der Waals surface area (Å²) in [5, 5.41) is 14.3. The summed E-state index contributed by atoms with van der Waals surface area (Å²) < 4.78 is 38.8. The summed E-state index contributed by atoms with van der Waals surface area (Å²) in [6.45, 7) is 0.402. The molecule has 2 heterocycles. The molecule has 3 aromatic rings. The lowest BCUT2D eigenvalue weighted by Gasteiger charge is -2.23. The van der Waals surface area contributed by atoms with Crippen LogP contribution >= 0.6 is 22.9 Å². The average Bonchev–Trinajstić information content (AvgIpc) is 3.43. The summed E-state index contributed by atoms with van der Waals surface area (Å²) in [6.07, 6.45) is -3.23. The van der Waals surface area contributed by atoms with Gasteiger partial charge in [-0.2, -0.15) is 13.2 Å². The molecule has 3 amide bonds. The van der Waals surface area contributed by atoms with Crippen LogP contribution in [0.3, 0.4) is 0 Å². The number of alkyl halides is 3. The number of carbonyl (C=O) groups is 2. The molecule has 1 aliphatic heterocycles. The van der Waals surface area contributed by atoms with Gasteiger partial charge in [0.15, 0.2) is 0 Å². The smallest absolute Gasteiger partial charge is 0.320 e. The van der Waals surface area contributed by atoms with Crippen molar-refractivity contribution in [3.05, 3.63) is 69.1 Å². The molecule has 33 heavy (non-hydrogen) atoms. The first-order valence-corrected chi connectivity index (χ1v) is 11.1. The Kier molecular flexibility index (Phi) is 6.52. The van der Waals surface area contributed by atoms with Gasteiger partial charge in [0.05, 0.1) is 11.6 Å². The zero-order valence-corrected chi connectivity index (χ0v) is 18.5. The highest BCUT2D eigenvalue weighted by Crippen LogP contribution is 2.35. The Morgan fingerprint density at radius 2 is 1.79 bits per heavy atom. The summed E-state index contributed by atoms with van der Waals surface area (Å²) in [5.41, 5.74) is -0.302. The summed E-state index contributed by atoms with van der Waals surface area (Å²) in [5.74, 6) is -0.459. The van der Waals surface area contributed by atoms with E-state index >= 15 is 0 Å². The lowest BCUT2D eigenvalue weighted by Crippen LogP contribution is -2.34. The van der Waals surface area contributed by atoms with Crippen molar-refractivity contribution in [2.75, 3.05) is 17.2 Å². The SMILES string of the molecule is O=C(Nc1cccc(Cl)c1)c1nnc([C@@H]2CCCN2C(=O)Nc2cccc(C(F)(F)F)c2)s1.